The molecule has 1 fully saturated rings. The van der Waals surface area contributed by atoms with Gasteiger partial charge in [-0.05, 0) is 37.0 Å². The fourth-order valence-corrected chi connectivity index (χ4v) is 3.33. The molecule has 2 heterocycles. The number of aryl methyl sites for hydroxylation is 1. The van der Waals surface area contributed by atoms with E-state index in [4.69, 9.17) is 0 Å². The van der Waals surface area contributed by atoms with Crippen molar-refractivity contribution in [3.63, 3.8) is 0 Å². The van der Waals surface area contributed by atoms with E-state index in [1.807, 2.05) is 12.1 Å². The molecule has 30 heavy (non-hydrogen) atoms. The van der Waals surface area contributed by atoms with Gasteiger partial charge in [-0.2, -0.15) is 0 Å². The zero-order valence-corrected chi connectivity index (χ0v) is 16.8. The molecule has 0 radical (unpaired) electrons. The molecule has 0 spiro atoms. The van der Waals surface area contributed by atoms with Crippen molar-refractivity contribution >= 4 is 35.2 Å². The highest BCUT2D eigenvalue weighted by molar-refractivity contribution is 6.12. The van der Waals surface area contributed by atoms with Crippen LogP contribution in [-0.2, 0) is 30.4 Å². The van der Waals surface area contributed by atoms with Crippen molar-refractivity contribution in [1.29, 1.82) is 0 Å². The minimum Gasteiger partial charge on any atom is -0.326 e. The number of amides is 5. The zero-order chi connectivity index (χ0) is 21.5. The lowest BCUT2D eigenvalue weighted by atomic mass is 10.1. The molecule has 0 aromatic heterocycles. The average molecular weight is 411 g/mol. The van der Waals surface area contributed by atoms with Gasteiger partial charge >= 0.3 is 0 Å². The Labute approximate surface area is 174 Å². The fourth-order valence-electron chi connectivity index (χ4n) is 3.33. The van der Waals surface area contributed by atoms with E-state index in [0.29, 0.717) is 57.3 Å². The molecule has 158 valence electrons. The number of carbonyl (C=O) groups excluding carboxylic acids is 5. The summed E-state index contributed by atoms with van der Waals surface area (Å²) in [5, 5.41) is 2.84. The van der Waals surface area contributed by atoms with Gasteiger partial charge in [0.1, 0.15) is 0 Å². The zero-order valence-electron chi connectivity index (χ0n) is 16.8. The van der Waals surface area contributed by atoms with Gasteiger partial charge in [0.2, 0.25) is 17.7 Å². The molecule has 3 rings (SSSR count). The third-order valence-electron chi connectivity index (χ3n) is 5.20. The SMILES string of the molecule is O=C(CCCCCN1C(=O)C=CC1=O)Nc1ccc(CCC(=O)N2CCC2=O)cc1. The van der Waals surface area contributed by atoms with Crippen LogP contribution in [0.15, 0.2) is 36.4 Å². The molecule has 2 aliphatic rings. The molecule has 5 amide bonds. The Bertz CT molecular complexity index is 857. The molecule has 1 N–H and O–H groups in total. The van der Waals surface area contributed by atoms with Crippen LogP contribution >= 0.6 is 0 Å². The maximum Gasteiger partial charge on any atom is 0.253 e. The number of carbonyl (C=O) groups is 5. The first kappa shape index (κ1) is 21.4. The molecular formula is C22H25N3O5. The second kappa shape index (κ2) is 9.96. The molecular weight excluding hydrogens is 386 g/mol. The van der Waals surface area contributed by atoms with Gasteiger partial charge in [0, 0.05) is 50.2 Å². The number of hydrogen-bond acceptors (Lipinski definition) is 5. The van der Waals surface area contributed by atoms with Crippen molar-refractivity contribution in [1.82, 2.24) is 9.80 Å². The molecule has 0 saturated carbocycles. The fraction of sp³-hybridized carbons (Fsp3) is 0.409. The first-order valence-electron chi connectivity index (χ1n) is 10.2. The second-order valence-corrected chi connectivity index (χ2v) is 7.41. The largest absolute Gasteiger partial charge is 0.326 e. The number of rotatable bonds is 10. The summed E-state index contributed by atoms with van der Waals surface area (Å²) in [6, 6.07) is 7.31. The van der Waals surface area contributed by atoms with Crippen LogP contribution in [0.4, 0.5) is 5.69 Å². The molecule has 0 bridgehead atoms. The normalized spacial score (nSPS) is 15.5. The van der Waals surface area contributed by atoms with E-state index in [2.05, 4.69) is 5.32 Å². The van der Waals surface area contributed by atoms with E-state index >= 15 is 0 Å². The maximum absolute atomic E-state index is 12.1. The van der Waals surface area contributed by atoms with E-state index in [1.54, 1.807) is 12.1 Å². The van der Waals surface area contributed by atoms with Gasteiger partial charge in [-0.15, -0.1) is 0 Å². The first-order valence-corrected chi connectivity index (χ1v) is 10.2. The Morgan fingerprint density at radius 1 is 0.900 bits per heavy atom. The highest BCUT2D eigenvalue weighted by atomic mass is 16.2. The van der Waals surface area contributed by atoms with Gasteiger partial charge in [0.05, 0.1) is 0 Å². The molecule has 1 saturated heterocycles. The summed E-state index contributed by atoms with van der Waals surface area (Å²) in [6.45, 7) is 0.899. The van der Waals surface area contributed by atoms with Gasteiger partial charge < -0.3 is 5.32 Å². The number of likely N-dealkylation sites (tertiary alicyclic amines) is 1. The van der Waals surface area contributed by atoms with Crippen LogP contribution in [-0.4, -0.2) is 52.4 Å². The van der Waals surface area contributed by atoms with Crippen LogP contribution < -0.4 is 5.32 Å². The lowest BCUT2D eigenvalue weighted by Gasteiger charge is -2.28. The molecule has 1 aromatic rings. The first-order chi connectivity index (χ1) is 14.4. The Morgan fingerprint density at radius 3 is 2.20 bits per heavy atom. The number of nitrogens with zero attached hydrogens (tertiary/aromatic N) is 2. The molecule has 8 nitrogen and oxygen atoms in total. The summed E-state index contributed by atoms with van der Waals surface area (Å²) in [5.74, 6) is -0.894. The summed E-state index contributed by atoms with van der Waals surface area (Å²) in [4.78, 5) is 60.6. The van der Waals surface area contributed by atoms with Gasteiger partial charge in [0.15, 0.2) is 0 Å². The Morgan fingerprint density at radius 2 is 1.60 bits per heavy atom. The van der Waals surface area contributed by atoms with E-state index in [9.17, 15) is 24.0 Å². The highest BCUT2D eigenvalue weighted by Crippen LogP contribution is 2.15. The van der Waals surface area contributed by atoms with Crippen LogP contribution in [0.3, 0.4) is 0 Å². The Kier molecular flexibility index (Phi) is 7.11. The summed E-state index contributed by atoms with van der Waals surface area (Å²) in [6.07, 6.45) is 6.29. The highest BCUT2D eigenvalue weighted by Gasteiger charge is 2.29. The van der Waals surface area contributed by atoms with Crippen LogP contribution in [0.5, 0.6) is 0 Å². The number of imide groups is 2. The minimum absolute atomic E-state index is 0.0933. The van der Waals surface area contributed by atoms with Crippen LogP contribution in [0.2, 0.25) is 0 Å². The van der Waals surface area contributed by atoms with E-state index < -0.39 is 0 Å². The molecule has 1 aromatic carbocycles. The van der Waals surface area contributed by atoms with Crippen molar-refractivity contribution < 1.29 is 24.0 Å². The summed E-state index contributed by atoms with van der Waals surface area (Å²) < 4.78 is 0. The van der Waals surface area contributed by atoms with E-state index in [1.165, 1.54) is 22.0 Å². The van der Waals surface area contributed by atoms with Crippen molar-refractivity contribution in [3.8, 4) is 0 Å². The van der Waals surface area contributed by atoms with Gasteiger partial charge in [0.25, 0.3) is 11.8 Å². The number of anilines is 1. The second-order valence-electron chi connectivity index (χ2n) is 7.41. The van der Waals surface area contributed by atoms with Crippen molar-refractivity contribution in [2.24, 2.45) is 0 Å². The summed E-state index contributed by atoms with van der Waals surface area (Å²) in [7, 11) is 0. The topological polar surface area (TPSA) is 104 Å². The molecule has 2 aliphatic heterocycles. The quantitative estimate of drug-likeness (QED) is 0.359. The lowest BCUT2D eigenvalue weighted by molar-refractivity contribution is -0.152. The monoisotopic (exact) mass is 411 g/mol. The van der Waals surface area contributed by atoms with Gasteiger partial charge in [-0.25, -0.2) is 0 Å². The van der Waals surface area contributed by atoms with Gasteiger partial charge in [-0.1, -0.05) is 18.6 Å². The smallest absolute Gasteiger partial charge is 0.253 e. The number of β-lactam (4-membered cyclic amide) rings is 1. The maximum atomic E-state index is 12.1. The van der Waals surface area contributed by atoms with E-state index in [-0.39, 0.29) is 29.5 Å². The lowest BCUT2D eigenvalue weighted by Crippen LogP contribution is -2.47. The number of benzene rings is 1. The average Bonchev–Trinajstić information content (AvgIpc) is 3.04. The third kappa shape index (κ3) is 5.62. The van der Waals surface area contributed by atoms with Gasteiger partial charge in [-0.3, -0.25) is 33.8 Å². The van der Waals surface area contributed by atoms with Crippen LogP contribution in [0, 0.1) is 0 Å². The molecule has 0 aliphatic carbocycles. The molecule has 0 atom stereocenters. The van der Waals surface area contributed by atoms with E-state index in [0.717, 1.165) is 12.0 Å². The predicted molar refractivity (Wildman–Crippen MR) is 109 cm³/mol. The third-order valence-corrected chi connectivity index (χ3v) is 5.20. The van der Waals surface area contributed by atoms with Crippen LogP contribution in [0.1, 0.15) is 44.1 Å². The Balaban J connectivity index is 1.30. The number of nitrogens with one attached hydrogen (secondary N) is 1. The summed E-state index contributed by atoms with van der Waals surface area (Å²) in [5.41, 5.74) is 1.65. The predicted octanol–water partition coefficient (Wildman–Crippen LogP) is 1.80. The van der Waals surface area contributed by atoms with Crippen LogP contribution in [0.25, 0.3) is 0 Å². The molecule has 8 heteroatoms. The standard InChI is InChI=1S/C22H25N3O5/c26-18(4-2-1-3-14-24-20(28)11-12-21(24)29)23-17-8-5-16(6-9-17)7-10-19(27)25-15-13-22(25)30/h5-6,8-9,11-12H,1-4,7,10,13-15H2,(H,23,26). The van der Waals surface area contributed by atoms with Crippen molar-refractivity contribution in [3.05, 3.63) is 42.0 Å². The van der Waals surface area contributed by atoms with Crippen molar-refractivity contribution in [2.45, 2.75) is 44.9 Å². The number of unbranched alkanes of at least 4 members (excludes halogenated alkanes) is 2. The Hall–Kier alpha value is -3.29. The number of hydrogen-bond donors (Lipinski definition) is 1. The minimum atomic E-state index is -0.278. The molecule has 0 unspecified atom stereocenters. The summed E-state index contributed by atoms with van der Waals surface area (Å²) >= 11 is 0. The van der Waals surface area contributed by atoms with Crippen molar-refractivity contribution in [2.75, 3.05) is 18.4 Å².